The summed E-state index contributed by atoms with van der Waals surface area (Å²) in [6, 6.07) is 7.76. The first-order valence-corrected chi connectivity index (χ1v) is 8.29. The average Bonchev–Trinajstić information content (AvgIpc) is 2.90. The Bertz CT molecular complexity index is 697. The summed E-state index contributed by atoms with van der Waals surface area (Å²) in [6.07, 6.45) is -0.00920. The second-order valence-corrected chi connectivity index (χ2v) is 6.28. The number of aromatic nitrogens is 2. The molecular formula is C18H25N3O3. The van der Waals surface area contributed by atoms with Crippen LogP contribution in [-0.4, -0.2) is 36.1 Å². The maximum Gasteiger partial charge on any atom is 0.216 e. The topological polar surface area (TPSA) is 57.5 Å². The van der Waals surface area contributed by atoms with Crippen molar-refractivity contribution in [3.8, 4) is 17.4 Å². The fraction of sp³-hybridized carbons (Fsp3) is 0.500. The molecule has 0 amide bonds. The van der Waals surface area contributed by atoms with E-state index in [2.05, 4.69) is 24.3 Å². The molecule has 130 valence electrons. The molecule has 0 spiro atoms. The second-order valence-electron chi connectivity index (χ2n) is 6.28. The van der Waals surface area contributed by atoms with E-state index in [0.717, 1.165) is 28.6 Å². The molecule has 0 unspecified atom stereocenters. The third-order valence-electron chi connectivity index (χ3n) is 4.10. The van der Waals surface area contributed by atoms with Crippen LogP contribution in [0.5, 0.6) is 17.4 Å². The van der Waals surface area contributed by atoms with Crippen molar-refractivity contribution in [2.75, 3.05) is 20.3 Å². The number of methoxy groups -OCH3 is 1. The number of hydrogen-bond donors (Lipinski definition) is 1. The standard InChI is InChI=1S/C18H25N3O3/c1-12(2)17-14(18(22-4)21(3)20-17)10-19-9-13-11-23-15-7-5-6-8-16(15)24-13/h5-8,12-13,19H,9-11H2,1-4H3/t13-/m1/s1. The molecule has 0 radical (unpaired) electrons. The average molecular weight is 331 g/mol. The molecule has 1 aliphatic heterocycles. The van der Waals surface area contributed by atoms with Gasteiger partial charge in [0.25, 0.3) is 0 Å². The molecule has 0 saturated carbocycles. The summed E-state index contributed by atoms with van der Waals surface area (Å²) in [4.78, 5) is 0. The molecule has 2 aromatic rings. The SMILES string of the molecule is COc1c(CNC[C@@H]2COc3ccccc3O2)c(C(C)C)nn1C. The van der Waals surface area contributed by atoms with E-state index in [-0.39, 0.29) is 6.10 Å². The lowest BCUT2D eigenvalue weighted by Gasteiger charge is -2.26. The second kappa shape index (κ2) is 7.13. The summed E-state index contributed by atoms with van der Waals surface area (Å²) < 4.78 is 19.0. The number of nitrogens with one attached hydrogen (secondary N) is 1. The van der Waals surface area contributed by atoms with Gasteiger partial charge in [-0.15, -0.1) is 0 Å². The molecule has 24 heavy (non-hydrogen) atoms. The molecule has 0 fully saturated rings. The Morgan fingerprint density at radius 1 is 1.33 bits per heavy atom. The quantitative estimate of drug-likeness (QED) is 0.881. The van der Waals surface area contributed by atoms with Gasteiger partial charge in [0.15, 0.2) is 11.5 Å². The van der Waals surface area contributed by atoms with Crippen LogP contribution in [0.2, 0.25) is 0 Å². The highest BCUT2D eigenvalue weighted by Crippen LogP contribution is 2.31. The number of ether oxygens (including phenoxy) is 3. The maximum atomic E-state index is 5.97. The van der Waals surface area contributed by atoms with Gasteiger partial charge in [0, 0.05) is 20.1 Å². The van der Waals surface area contributed by atoms with E-state index >= 15 is 0 Å². The van der Waals surface area contributed by atoms with E-state index < -0.39 is 0 Å². The number of fused-ring (bicyclic) bond motifs is 1. The molecule has 1 N–H and O–H groups in total. The van der Waals surface area contributed by atoms with Crippen LogP contribution in [0.4, 0.5) is 0 Å². The number of nitrogens with zero attached hydrogens (tertiary/aromatic N) is 2. The third kappa shape index (κ3) is 3.33. The Kier molecular flexibility index (Phi) is 4.94. The van der Waals surface area contributed by atoms with E-state index in [1.165, 1.54) is 0 Å². The zero-order valence-electron chi connectivity index (χ0n) is 14.7. The van der Waals surface area contributed by atoms with Crippen molar-refractivity contribution in [1.29, 1.82) is 0 Å². The van der Waals surface area contributed by atoms with Crippen LogP contribution in [0.15, 0.2) is 24.3 Å². The van der Waals surface area contributed by atoms with Gasteiger partial charge in [-0.25, -0.2) is 4.68 Å². The molecule has 1 atom stereocenters. The lowest BCUT2D eigenvalue weighted by Crippen LogP contribution is -2.38. The maximum absolute atomic E-state index is 5.97. The van der Waals surface area contributed by atoms with Crippen LogP contribution in [0.25, 0.3) is 0 Å². The Labute approximate surface area is 142 Å². The van der Waals surface area contributed by atoms with Crippen LogP contribution in [0.1, 0.15) is 31.0 Å². The Morgan fingerprint density at radius 2 is 2.08 bits per heavy atom. The predicted octanol–water partition coefficient (Wildman–Crippen LogP) is 2.48. The summed E-state index contributed by atoms with van der Waals surface area (Å²) in [5.74, 6) is 2.76. The van der Waals surface area contributed by atoms with Crippen molar-refractivity contribution in [2.45, 2.75) is 32.4 Å². The van der Waals surface area contributed by atoms with Gasteiger partial charge in [-0.2, -0.15) is 5.10 Å². The molecule has 1 aliphatic rings. The van der Waals surface area contributed by atoms with Gasteiger partial charge in [0.1, 0.15) is 12.7 Å². The molecular weight excluding hydrogens is 306 g/mol. The van der Waals surface area contributed by atoms with Gasteiger partial charge in [0.05, 0.1) is 18.4 Å². The highest BCUT2D eigenvalue weighted by molar-refractivity contribution is 5.40. The van der Waals surface area contributed by atoms with E-state index in [9.17, 15) is 0 Å². The minimum atomic E-state index is -0.00920. The van der Waals surface area contributed by atoms with Crippen molar-refractivity contribution in [3.05, 3.63) is 35.5 Å². The Balaban J connectivity index is 1.61. The summed E-state index contributed by atoms with van der Waals surface area (Å²) in [6.45, 7) is 6.21. The van der Waals surface area contributed by atoms with Crippen LogP contribution in [-0.2, 0) is 13.6 Å². The van der Waals surface area contributed by atoms with Crippen LogP contribution < -0.4 is 19.5 Å². The molecule has 0 saturated heterocycles. The normalized spacial score (nSPS) is 16.5. The van der Waals surface area contributed by atoms with E-state index in [1.54, 1.807) is 11.8 Å². The van der Waals surface area contributed by atoms with Crippen molar-refractivity contribution < 1.29 is 14.2 Å². The highest BCUT2D eigenvalue weighted by Gasteiger charge is 2.22. The zero-order valence-corrected chi connectivity index (χ0v) is 14.7. The van der Waals surface area contributed by atoms with Gasteiger partial charge >= 0.3 is 0 Å². The molecule has 6 heteroatoms. The largest absolute Gasteiger partial charge is 0.486 e. The van der Waals surface area contributed by atoms with Crippen molar-refractivity contribution in [3.63, 3.8) is 0 Å². The number of aryl methyl sites for hydroxylation is 1. The minimum absolute atomic E-state index is 0.00920. The highest BCUT2D eigenvalue weighted by atomic mass is 16.6. The molecule has 0 bridgehead atoms. The van der Waals surface area contributed by atoms with E-state index in [0.29, 0.717) is 25.6 Å². The number of para-hydroxylation sites is 2. The summed E-state index contributed by atoms with van der Waals surface area (Å²) in [5, 5.41) is 8.02. The monoisotopic (exact) mass is 331 g/mol. The van der Waals surface area contributed by atoms with E-state index in [1.807, 2.05) is 31.3 Å². The van der Waals surface area contributed by atoms with E-state index in [4.69, 9.17) is 14.2 Å². The third-order valence-corrected chi connectivity index (χ3v) is 4.10. The summed E-state index contributed by atoms with van der Waals surface area (Å²) >= 11 is 0. The first-order chi connectivity index (χ1) is 11.6. The van der Waals surface area contributed by atoms with Crippen molar-refractivity contribution in [1.82, 2.24) is 15.1 Å². The summed E-state index contributed by atoms with van der Waals surface area (Å²) in [7, 11) is 3.59. The Morgan fingerprint density at radius 3 is 2.79 bits per heavy atom. The molecule has 0 aliphatic carbocycles. The van der Waals surface area contributed by atoms with Crippen LogP contribution in [0.3, 0.4) is 0 Å². The van der Waals surface area contributed by atoms with Gasteiger partial charge in [-0.3, -0.25) is 0 Å². The van der Waals surface area contributed by atoms with Crippen LogP contribution in [0, 0.1) is 0 Å². The fourth-order valence-corrected chi connectivity index (χ4v) is 2.98. The fourth-order valence-electron chi connectivity index (χ4n) is 2.98. The van der Waals surface area contributed by atoms with Gasteiger partial charge in [0.2, 0.25) is 5.88 Å². The number of rotatable bonds is 6. The smallest absolute Gasteiger partial charge is 0.216 e. The minimum Gasteiger partial charge on any atom is -0.486 e. The lowest BCUT2D eigenvalue weighted by atomic mass is 10.1. The molecule has 3 rings (SSSR count). The lowest BCUT2D eigenvalue weighted by molar-refractivity contribution is 0.0901. The molecule has 1 aromatic heterocycles. The number of benzene rings is 1. The molecule has 1 aromatic carbocycles. The van der Waals surface area contributed by atoms with Crippen molar-refractivity contribution in [2.24, 2.45) is 7.05 Å². The zero-order chi connectivity index (χ0) is 17.1. The van der Waals surface area contributed by atoms with Crippen LogP contribution >= 0.6 is 0 Å². The first-order valence-electron chi connectivity index (χ1n) is 8.29. The first kappa shape index (κ1) is 16.6. The van der Waals surface area contributed by atoms with Gasteiger partial charge < -0.3 is 19.5 Å². The van der Waals surface area contributed by atoms with Crippen molar-refractivity contribution >= 4 is 0 Å². The Hall–Kier alpha value is -2.21. The predicted molar refractivity (Wildman–Crippen MR) is 91.9 cm³/mol. The summed E-state index contributed by atoms with van der Waals surface area (Å²) in [5.41, 5.74) is 2.17. The van der Waals surface area contributed by atoms with Gasteiger partial charge in [-0.05, 0) is 18.1 Å². The number of hydrogen-bond acceptors (Lipinski definition) is 5. The molecule has 2 heterocycles. The molecule has 6 nitrogen and oxygen atoms in total. The van der Waals surface area contributed by atoms with Gasteiger partial charge in [-0.1, -0.05) is 26.0 Å².